The van der Waals surface area contributed by atoms with E-state index < -0.39 is 0 Å². The third-order valence-corrected chi connectivity index (χ3v) is 7.81. The second-order valence-corrected chi connectivity index (χ2v) is 10.4. The Morgan fingerprint density at radius 3 is 1.32 bits per heavy atom. The van der Waals surface area contributed by atoms with Crippen LogP contribution in [0.1, 0.15) is 31.8 Å². The van der Waals surface area contributed by atoms with Gasteiger partial charge >= 0.3 is 141 Å². The number of hydrogen-bond acceptors (Lipinski definition) is 2. The molecule has 22 heavy (non-hydrogen) atoms. The minimum atomic E-state index is 0.385. The van der Waals surface area contributed by atoms with E-state index in [-0.39, 0.29) is 0 Å². The fourth-order valence-electron chi connectivity index (χ4n) is 1.81. The average molecular weight is 420 g/mol. The summed E-state index contributed by atoms with van der Waals surface area (Å²) in [5, 5.41) is 0. The van der Waals surface area contributed by atoms with Gasteiger partial charge in [-0.3, -0.25) is 0 Å². The van der Waals surface area contributed by atoms with Crippen molar-refractivity contribution in [2.24, 2.45) is 0 Å². The van der Waals surface area contributed by atoms with E-state index in [9.17, 15) is 9.59 Å². The molecule has 110 valence electrons. The number of hydrogen-bond donors (Lipinski definition) is 0. The summed E-state index contributed by atoms with van der Waals surface area (Å²) in [6, 6.07) is 15.1. The van der Waals surface area contributed by atoms with Crippen molar-refractivity contribution in [3.63, 3.8) is 0 Å². The summed E-state index contributed by atoms with van der Waals surface area (Å²) in [6.07, 6.45) is 5.79. The Hall–Kier alpha value is -1.70. The molecule has 0 aliphatic carbocycles. The standard InChI is InChI=1S/C18H14O2Se2/c19-13-17-7-3-1-5-15(17)9-11-21-22-12-10-16-6-2-4-8-18(16)14-20/h1-14H/b11-9-,12-10-. The molecule has 2 rings (SSSR count). The van der Waals surface area contributed by atoms with Gasteiger partial charge in [-0.1, -0.05) is 0 Å². The van der Waals surface area contributed by atoms with Gasteiger partial charge < -0.3 is 0 Å². The molecule has 0 bridgehead atoms. The van der Waals surface area contributed by atoms with E-state index in [1.807, 2.05) is 60.7 Å². The van der Waals surface area contributed by atoms with Crippen LogP contribution in [0, 0.1) is 0 Å². The van der Waals surface area contributed by atoms with Gasteiger partial charge in [0.05, 0.1) is 0 Å². The van der Waals surface area contributed by atoms with Crippen molar-refractivity contribution >= 4 is 51.0 Å². The summed E-state index contributed by atoms with van der Waals surface area (Å²) in [5.74, 6) is 0. The first-order valence-electron chi connectivity index (χ1n) is 6.59. The molecule has 0 atom stereocenters. The molecular weight excluding hydrogens is 406 g/mol. The zero-order valence-electron chi connectivity index (χ0n) is 11.7. The molecule has 0 aromatic heterocycles. The molecule has 0 fully saturated rings. The van der Waals surface area contributed by atoms with Crippen LogP contribution in [0.15, 0.2) is 58.5 Å². The van der Waals surface area contributed by atoms with Crippen molar-refractivity contribution in [3.8, 4) is 0 Å². The monoisotopic (exact) mass is 422 g/mol. The van der Waals surface area contributed by atoms with Crippen LogP contribution < -0.4 is 0 Å². The zero-order chi connectivity index (χ0) is 15.6. The maximum atomic E-state index is 10.9. The van der Waals surface area contributed by atoms with Gasteiger partial charge in [-0.05, 0) is 0 Å². The molecule has 0 spiro atoms. The van der Waals surface area contributed by atoms with Crippen molar-refractivity contribution in [1.29, 1.82) is 0 Å². The number of carbonyl (C=O) groups excluding carboxylic acids is 2. The summed E-state index contributed by atoms with van der Waals surface area (Å²) in [4.78, 5) is 26.1. The van der Waals surface area contributed by atoms with Crippen molar-refractivity contribution in [3.05, 3.63) is 80.7 Å². The SMILES string of the molecule is O=Cc1ccccc1/C=C\[Se][Se]/C=C\c1ccccc1C=O. The van der Waals surface area contributed by atoms with Gasteiger partial charge in [0, 0.05) is 0 Å². The Morgan fingerprint density at radius 2 is 0.955 bits per heavy atom. The second kappa shape index (κ2) is 9.34. The van der Waals surface area contributed by atoms with Gasteiger partial charge in [0.25, 0.3) is 0 Å². The van der Waals surface area contributed by atoms with Crippen molar-refractivity contribution < 1.29 is 9.59 Å². The van der Waals surface area contributed by atoms with Crippen molar-refractivity contribution in [1.82, 2.24) is 0 Å². The predicted octanol–water partition coefficient (Wildman–Crippen LogP) is 3.28. The van der Waals surface area contributed by atoms with Crippen LogP contribution in [0.5, 0.6) is 0 Å². The van der Waals surface area contributed by atoms with Crippen LogP contribution in [-0.2, 0) is 0 Å². The molecule has 0 radical (unpaired) electrons. The summed E-state index contributed by atoms with van der Waals surface area (Å²) < 4.78 is 0. The van der Waals surface area contributed by atoms with Crippen LogP contribution >= 0.6 is 0 Å². The van der Waals surface area contributed by atoms with E-state index in [2.05, 4.69) is 9.95 Å². The number of aldehydes is 2. The molecule has 0 N–H and O–H groups in total. The number of rotatable bonds is 7. The van der Waals surface area contributed by atoms with Gasteiger partial charge in [-0.2, -0.15) is 0 Å². The Morgan fingerprint density at radius 1 is 0.591 bits per heavy atom. The van der Waals surface area contributed by atoms with E-state index in [4.69, 9.17) is 0 Å². The summed E-state index contributed by atoms with van der Waals surface area (Å²) >= 11 is 0.769. The van der Waals surface area contributed by atoms with E-state index in [1.54, 1.807) is 0 Å². The molecule has 0 saturated carbocycles. The van der Waals surface area contributed by atoms with Crippen LogP contribution in [0.25, 0.3) is 12.2 Å². The number of benzene rings is 2. The Balaban J connectivity index is 1.89. The van der Waals surface area contributed by atoms with Gasteiger partial charge in [0.2, 0.25) is 0 Å². The Kier molecular flexibility index (Phi) is 7.08. The van der Waals surface area contributed by atoms with E-state index in [1.165, 1.54) is 0 Å². The normalized spacial score (nSPS) is 11.1. The fourth-order valence-corrected chi connectivity index (χ4v) is 5.53. The van der Waals surface area contributed by atoms with Gasteiger partial charge in [-0.15, -0.1) is 0 Å². The zero-order valence-corrected chi connectivity index (χ0v) is 15.1. The van der Waals surface area contributed by atoms with Crippen molar-refractivity contribution in [2.45, 2.75) is 0 Å². The average Bonchev–Trinajstić information content (AvgIpc) is 2.58. The Bertz CT molecular complexity index is 644. The van der Waals surface area contributed by atoms with Crippen LogP contribution in [-0.4, -0.2) is 38.8 Å². The first kappa shape index (κ1) is 16.7. The third-order valence-electron chi connectivity index (χ3n) is 2.91. The molecule has 0 saturated heterocycles. The molecule has 0 unspecified atom stereocenters. The predicted molar refractivity (Wildman–Crippen MR) is 93.2 cm³/mol. The van der Waals surface area contributed by atoms with Gasteiger partial charge in [-0.25, -0.2) is 0 Å². The third kappa shape index (κ3) is 4.94. The fraction of sp³-hybridized carbons (Fsp3) is 0. The summed E-state index contributed by atoms with van der Waals surface area (Å²) in [5.41, 5.74) is 3.37. The quantitative estimate of drug-likeness (QED) is 0.392. The van der Waals surface area contributed by atoms with Crippen LogP contribution in [0.3, 0.4) is 0 Å². The first-order chi connectivity index (χ1) is 10.8. The topological polar surface area (TPSA) is 34.1 Å². The van der Waals surface area contributed by atoms with Crippen molar-refractivity contribution in [2.75, 3.05) is 0 Å². The molecule has 2 aromatic carbocycles. The molecule has 2 aromatic rings. The molecule has 0 aliphatic rings. The number of carbonyl (C=O) groups is 2. The van der Waals surface area contributed by atoms with E-state index in [0.717, 1.165) is 34.8 Å². The molecule has 0 aliphatic heterocycles. The molecular formula is C18H14O2Se2. The Labute approximate surface area is 141 Å². The van der Waals surface area contributed by atoms with Crippen LogP contribution in [0.4, 0.5) is 0 Å². The van der Waals surface area contributed by atoms with Gasteiger partial charge in [0.1, 0.15) is 0 Å². The molecule has 0 amide bonds. The van der Waals surface area contributed by atoms with E-state index in [0.29, 0.717) is 26.3 Å². The molecule has 2 nitrogen and oxygen atoms in total. The summed E-state index contributed by atoms with van der Waals surface area (Å²) in [7, 11) is 0. The molecule has 0 heterocycles. The minimum absolute atomic E-state index is 0.385. The van der Waals surface area contributed by atoms with Crippen LogP contribution in [0.2, 0.25) is 0 Å². The maximum absolute atomic E-state index is 10.9. The summed E-state index contributed by atoms with van der Waals surface area (Å²) in [6.45, 7) is 0. The van der Waals surface area contributed by atoms with E-state index >= 15 is 0 Å². The molecule has 4 heteroatoms. The van der Waals surface area contributed by atoms with Gasteiger partial charge in [0.15, 0.2) is 0 Å². The first-order valence-corrected chi connectivity index (χ1v) is 12.9. The second-order valence-electron chi connectivity index (χ2n) is 4.29.